The Balaban J connectivity index is 1.79. The molecule has 0 fully saturated rings. The second-order valence-electron chi connectivity index (χ2n) is 7.96. The lowest BCUT2D eigenvalue weighted by atomic mass is 10.0. The van der Waals surface area contributed by atoms with Crippen LogP contribution in [-0.4, -0.2) is 34.6 Å². The summed E-state index contributed by atoms with van der Waals surface area (Å²) in [6.07, 6.45) is 0. The molecule has 0 aliphatic carbocycles. The van der Waals surface area contributed by atoms with Crippen molar-refractivity contribution >= 4 is 21.6 Å². The highest BCUT2D eigenvalue weighted by Crippen LogP contribution is 2.26. The standard InChI is InChI=1S/C25H27FN2O5S/c1-16(2)24(25(29)27-20-13-21(32-3)15-22(14-20)33-4)28-34(30,31)23-11-7-18(8-12-23)17-5-9-19(26)10-6-17/h5-16,24,28H,1-4H3,(H,27,29)/t24-/m1/s1. The van der Waals surface area contributed by atoms with Crippen LogP contribution in [0.5, 0.6) is 11.5 Å². The topological polar surface area (TPSA) is 93.7 Å². The van der Waals surface area contributed by atoms with E-state index in [1.807, 2.05) is 0 Å². The fraction of sp³-hybridized carbons (Fsp3) is 0.240. The maximum absolute atomic E-state index is 13.2. The number of halogens is 1. The van der Waals surface area contributed by atoms with Crippen LogP contribution < -0.4 is 19.5 Å². The molecule has 0 aliphatic rings. The molecular formula is C25H27FN2O5S. The molecule has 0 bridgehead atoms. The molecule has 3 aromatic rings. The average molecular weight is 487 g/mol. The molecule has 0 saturated carbocycles. The third-order valence-electron chi connectivity index (χ3n) is 5.19. The number of carbonyl (C=O) groups is 1. The molecule has 3 rings (SSSR count). The summed E-state index contributed by atoms with van der Waals surface area (Å²) in [4.78, 5) is 13.0. The first-order valence-electron chi connectivity index (χ1n) is 10.5. The highest BCUT2D eigenvalue weighted by molar-refractivity contribution is 7.89. The Morgan fingerprint density at radius 1 is 0.853 bits per heavy atom. The van der Waals surface area contributed by atoms with E-state index in [1.54, 1.807) is 56.3 Å². The minimum atomic E-state index is -3.99. The molecule has 1 atom stereocenters. The molecule has 3 aromatic carbocycles. The summed E-state index contributed by atoms with van der Waals surface area (Å²) in [5.74, 6) is -0.231. The van der Waals surface area contributed by atoms with Crippen molar-refractivity contribution in [1.82, 2.24) is 4.72 Å². The van der Waals surface area contributed by atoms with E-state index in [9.17, 15) is 17.6 Å². The number of anilines is 1. The van der Waals surface area contributed by atoms with Crippen LogP contribution in [0.1, 0.15) is 13.8 Å². The fourth-order valence-corrected chi connectivity index (χ4v) is 4.64. The predicted octanol–water partition coefficient (Wildman–Crippen LogP) is 4.45. The Morgan fingerprint density at radius 3 is 1.82 bits per heavy atom. The maximum atomic E-state index is 13.2. The highest BCUT2D eigenvalue weighted by Gasteiger charge is 2.28. The first kappa shape index (κ1) is 25.2. The van der Waals surface area contributed by atoms with Crippen LogP contribution in [0.25, 0.3) is 11.1 Å². The van der Waals surface area contributed by atoms with Gasteiger partial charge in [-0.05, 0) is 41.3 Å². The molecule has 9 heteroatoms. The van der Waals surface area contributed by atoms with E-state index in [0.717, 1.165) is 11.1 Å². The average Bonchev–Trinajstić information content (AvgIpc) is 2.82. The first-order chi connectivity index (χ1) is 16.1. The van der Waals surface area contributed by atoms with E-state index < -0.39 is 22.0 Å². The molecule has 34 heavy (non-hydrogen) atoms. The zero-order valence-electron chi connectivity index (χ0n) is 19.3. The van der Waals surface area contributed by atoms with Crippen LogP contribution >= 0.6 is 0 Å². The minimum absolute atomic E-state index is 0.0138. The number of carbonyl (C=O) groups excluding carboxylic acids is 1. The van der Waals surface area contributed by atoms with Crippen LogP contribution in [-0.2, 0) is 14.8 Å². The molecule has 0 unspecified atom stereocenters. The van der Waals surface area contributed by atoms with Crippen molar-refractivity contribution in [2.45, 2.75) is 24.8 Å². The normalized spacial score (nSPS) is 12.3. The zero-order chi connectivity index (χ0) is 24.9. The van der Waals surface area contributed by atoms with Crippen molar-refractivity contribution in [3.05, 3.63) is 72.5 Å². The van der Waals surface area contributed by atoms with Crippen LogP contribution in [0.4, 0.5) is 10.1 Å². The number of nitrogens with one attached hydrogen (secondary N) is 2. The number of sulfonamides is 1. The second kappa shape index (κ2) is 10.7. The summed E-state index contributed by atoms with van der Waals surface area (Å²) in [5.41, 5.74) is 1.91. The van der Waals surface area contributed by atoms with E-state index in [-0.39, 0.29) is 16.6 Å². The van der Waals surface area contributed by atoms with Gasteiger partial charge in [0.05, 0.1) is 19.1 Å². The maximum Gasteiger partial charge on any atom is 0.242 e. The number of amides is 1. The molecule has 0 aromatic heterocycles. The summed E-state index contributed by atoms with van der Waals surface area (Å²) in [6.45, 7) is 3.49. The Morgan fingerprint density at radius 2 is 1.35 bits per heavy atom. The predicted molar refractivity (Wildman–Crippen MR) is 129 cm³/mol. The van der Waals surface area contributed by atoms with E-state index in [4.69, 9.17) is 9.47 Å². The summed E-state index contributed by atoms with van der Waals surface area (Å²) in [6, 6.07) is 15.9. The van der Waals surface area contributed by atoms with Gasteiger partial charge in [-0.25, -0.2) is 12.8 Å². The van der Waals surface area contributed by atoms with E-state index >= 15 is 0 Å². The van der Waals surface area contributed by atoms with Crippen molar-refractivity contribution in [2.24, 2.45) is 5.92 Å². The molecular weight excluding hydrogens is 459 g/mol. The van der Waals surface area contributed by atoms with Crippen molar-refractivity contribution in [2.75, 3.05) is 19.5 Å². The molecule has 0 heterocycles. The minimum Gasteiger partial charge on any atom is -0.497 e. The third kappa shape index (κ3) is 6.12. The van der Waals surface area contributed by atoms with Gasteiger partial charge in [-0.3, -0.25) is 4.79 Å². The fourth-order valence-electron chi connectivity index (χ4n) is 3.30. The number of hydrogen-bond donors (Lipinski definition) is 2. The van der Waals surface area contributed by atoms with E-state index in [0.29, 0.717) is 17.2 Å². The lowest BCUT2D eigenvalue weighted by Crippen LogP contribution is -2.47. The van der Waals surface area contributed by atoms with Gasteiger partial charge in [0.25, 0.3) is 0 Å². The zero-order valence-corrected chi connectivity index (χ0v) is 20.1. The number of hydrogen-bond acceptors (Lipinski definition) is 5. The molecule has 0 saturated heterocycles. The van der Waals surface area contributed by atoms with Crippen LogP contribution in [0.15, 0.2) is 71.6 Å². The van der Waals surface area contributed by atoms with Gasteiger partial charge in [0, 0.05) is 23.9 Å². The largest absolute Gasteiger partial charge is 0.497 e. The molecule has 180 valence electrons. The lowest BCUT2D eigenvalue weighted by molar-refractivity contribution is -0.118. The smallest absolute Gasteiger partial charge is 0.242 e. The van der Waals surface area contributed by atoms with E-state index in [2.05, 4.69) is 10.0 Å². The lowest BCUT2D eigenvalue weighted by Gasteiger charge is -2.22. The SMILES string of the molecule is COc1cc(NC(=O)[C@H](NS(=O)(=O)c2ccc(-c3ccc(F)cc3)cc2)C(C)C)cc(OC)c1. The second-order valence-corrected chi connectivity index (χ2v) is 9.68. The van der Waals surface area contributed by atoms with Crippen LogP contribution in [0.2, 0.25) is 0 Å². The van der Waals surface area contributed by atoms with Gasteiger partial charge in [-0.15, -0.1) is 0 Å². The van der Waals surface area contributed by atoms with Crippen LogP contribution in [0.3, 0.4) is 0 Å². The third-order valence-corrected chi connectivity index (χ3v) is 6.65. The van der Waals surface area contributed by atoms with Gasteiger partial charge in [-0.2, -0.15) is 4.72 Å². The molecule has 2 N–H and O–H groups in total. The Kier molecular flexibility index (Phi) is 7.90. The summed E-state index contributed by atoms with van der Waals surface area (Å²) in [5, 5.41) is 2.73. The summed E-state index contributed by atoms with van der Waals surface area (Å²) >= 11 is 0. The van der Waals surface area contributed by atoms with Crippen molar-refractivity contribution in [1.29, 1.82) is 0 Å². The molecule has 0 radical (unpaired) electrons. The van der Waals surface area contributed by atoms with Crippen molar-refractivity contribution in [3.63, 3.8) is 0 Å². The van der Waals surface area contributed by atoms with Gasteiger partial charge >= 0.3 is 0 Å². The van der Waals surface area contributed by atoms with Gasteiger partial charge in [0.15, 0.2) is 0 Å². The van der Waals surface area contributed by atoms with Gasteiger partial charge in [-0.1, -0.05) is 38.1 Å². The van der Waals surface area contributed by atoms with Gasteiger partial charge in [0.2, 0.25) is 15.9 Å². The number of rotatable bonds is 9. The molecule has 1 amide bonds. The quantitative estimate of drug-likeness (QED) is 0.466. The number of benzene rings is 3. The van der Waals surface area contributed by atoms with Crippen molar-refractivity contribution in [3.8, 4) is 22.6 Å². The Hall–Kier alpha value is -3.43. The number of ether oxygens (including phenoxy) is 2. The Bertz CT molecular complexity index is 1220. The van der Waals surface area contributed by atoms with Gasteiger partial charge in [0.1, 0.15) is 23.4 Å². The summed E-state index contributed by atoms with van der Waals surface area (Å²) in [7, 11) is -1.01. The molecule has 0 spiro atoms. The molecule has 0 aliphatic heterocycles. The molecule has 7 nitrogen and oxygen atoms in total. The summed E-state index contributed by atoms with van der Waals surface area (Å²) < 4.78 is 52.1. The first-order valence-corrected chi connectivity index (χ1v) is 12.0. The number of methoxy groups -OCH3 is 2. The van der Waals surface area contributed by atoms with Crippen molar-refractivity contribution < 1.29 is 27.1 Å². The van der Waals surface area contributed by atoms with Gasteiger partial charge < -0.3 is 14.8 Å². The monoisotopic (exact) mass is 486 g/mol. The Labute approximate surface area is 199 Å². The highest BCUT2D eigenvalue weighted by atomic mass is 32.2. The van der Waals surface area contributed by atoms with E-state index in [1.165, 1.54) is 38.5 Å². The van der Waals surface area contributed by atoms with Crippen LogP contribution in [0, 0.1) is 11.7 Å².